The van der Waals surface area contributed by atoms with Crippen LogP contribution in [0.1, 0.15) is 24.0 Å². The van der Waals surface area contributed by atoms with E-state index in [0.717, 1.165) is 28.2 Å². The molecule has 3 N–H and O–H groups in total. The van der Waals surface area contributed by atoms with Crippen molar-refractivity contribution in [1.29, 1.82) is 5.41 Å². The van der Waals surface area contributed by atoms with Gasteiger partial charge in [0.2, 0.25) is 15.9 Å². The number of hydrogen-bond donors (Lipinski definition) is 3. The van der Waals surface area contributed by atoms with E-state index in [2.05, 4.69) is 10.1 Å². The number of nitrogens with one attached hydrogen (secondary N) is 3. The molecule has 1 unspecified atom stereocenters. The van der Waals surface area contributed by atoms with E-state index in [1.54, 1.807) is 49.4 Å². The molecule has 12 nitrogen and oxygen atoms in total. The number of piperazine rings is 1. The molecular formula is C25H33N5O7S2. The maximum absolute atomic E-state index is 13.8. The number of aryl methyl sites for hydroxylation is 1. The zero-order chi connectivity index (χ0) is 28.8. The Morgan fingerprint density at radius 1 is 1.18 bits per heavy atom. The molecule has 0 bridgehead atoms. The van der Waals surface area contributed by atoms with Gasteiger partial charge in [0.25, 0.3) is 10.0 Å². The number of benzene rings is 2. The second-order valence-electron chi connectivity index (χ2n) is 9.22. The minimum atomic E-state index is -4.24. The molecule has 39 heavy (non-hydrogen) atoms. The van der Waals surface area contributed by atoms with Gasteiger partial charge in [-0.15, -0.1) is 4.83 Å². The normalized spacial score (nSPS) is 19.3. The zero-order valence-corrected chi connectivity index (χ0v) is 23.6. The summed E-state index contributed by atoms with van der Waals surface area (Å²) >= 11 is 0. The van der Waals surface area contributed by atoms with Gasteiger partial charge in [-0.25, -0.2) is 21.8 Å². The number of sulfonamides is 2. The van der Waals surface area contributed by atoms with Crippen LogP contribution in [0.3, 0.4) is 0 Å². The zero-order valence-electron chi connectivity index (χ0n) is 22.0. The van der Waals surface area contributed by atoms with Crippen molar-refractivity contribution in [3.63, 3.8) is 0 Å². The van der Waals surface area contributed by atoms with Crippen LogP contribution in [-0.2, 0) is 40.1 Å². The van der Waals surface area contributed by atoms with Crippen LogP contribution in [-0.4, -0.2) is 83.1 Å². The van der Waals surface area contributed by atoms with E-state index in [1.807, 2.05) is 0 Å². The van der Waals surface area contributed by atoms with Gasteiger partial charge in [-0.3, -0.25) is 9.59 Å². The lowest BCUT2D eigenvalue weighted by atomic mass is 9.82. The predicted molar refractivity (Wildman–Crippen MR) is 145 cm³/mol. The average Bonchev–Trinajstić information content (AvgIpc) is 2.88. The van der Waals surface area contributed by atoms with Crippen molar-refractivity contribution in [3.05, 3.63) is 65.7 Å². The molecular weight excluding hydrogens is 546 g/mol. The van der Waals surface area contributed by atoms with Gasteiger partial charge >= 0.3 is 5.97 Å². The third kappa shape index (κ3) is 6.70. The summed E-state index contributed by atoms with van der Waals surface area (Å²) in [5, 5.41) is 11.5. The van der Waals surface area contributed by atoms with Crippen LogP contribution in [0, 0.1) is 12.3 Å². The molecule has 0 aliphatic carbocycles. The quantitative estimate of drug-likeness (QED) is 0.189. The molecule has 0 aromatic heterocycles. The standard InChI is InChI=1S/C25H33N5O7S2/c1-19-9-11-21(12-10-19)39(35,36)28-29(2)22(13-14-26)25(17-23(31)37-3)24(32)27-15-16-30(25)38(33,34)18-20-7-5-4-6-8-20/h4-12,14,22,26,28H,13,15-18H2,1-3H3,(H,27,32)/t22?,25-/m0/s1. The molecule has 1 saturated heterocycles. The molecule has 3 rings (SSSR count). The smallest absolute Gasteiger partial charge is 0.308 e. The highest BCUT2D eigenvalue weighted by molar-refractivity contribution is 7.89. The molecule has 212 valence electrons. The first-order valence-corrected chi connectivity index (χ1v) is 15.2. The SMILES string of the molecule is COC(=O)C[C@]1(C(CC=N)N(C)NS(=O)(=O)c2ccc(C)cc2)C(=O)NCCN1S(=O)(=O)Cc1ccccc1. The van der Waals surface area contributed by atoms with Gasteiger partial charge in [0.05, 0.1) is 30.2 Å². The van der Waals surface area contributed by atoms with Crippen molar-refractivity contribution < 1.29 is 31.2 Å². The largest absolute Gasteiger partial charge is 0.469 e. The molecule has 2 aromatic carbocycles. The van der Waals surface area contributed by atoms with E-state index in [4.69, 9.17) is 10.1 Å². The summed E-state index contributed by atoms with van der Waals surface area (Å²) in [7, 11) is -5.99. The average molecular weight is 580 g/mol. The van der Waals surface area contributed by atoms with Crippen molar-refractivity contribution in [3.8, 4) is 0 Å². The van der Waals surface area contributed by atoms with Crippen molar-refractivity contribution in [2.75, 3.05) is 27.2 Å². The number of hydrazine groups is 1. The van der Waals surface area contributed by atoms with Crippen molar-refractivity contribution in [2.24, 2.45) is 0 Å². The Bertz CT molecular complexity index is 1400. The van der Waals surface area contributed by atoms with Crippen LogP contribution in [0.5, 0.6) is 0 Å². The fraction of sp³-hybridized carbons (Fsp3) is 0.400. The predicted octanol–water partition coefficient (Wildman–Crippen LogP) is 0.792. The van der Waals surface area contributed by atoms with Gasteiger partial charge in [0.15, 0.2) is 0 Å². The Labute approximate surface area is 228 Å². The summed E-state index contributed by atoms with van der Waals surface area (Å²) in [6, 6.07) is 13.1. The summed E-state index contributed by atoms with van der Waals surface area (Å²) < 4.78 is 59.9. The first-order valence-electron chi connectivity index (χ1n) is 12.1. The number of carbonyl (C=O) groups excluding carboxylic acids is 2. The number of likely N-dealkylation sites (N-methyl/N-ethyl adjacent to an activating group) is 1. The maximum atomic E-state index is 13.8. The Kier molecular flexibility index (Phi) is 9.61. The molecule has 1 aliphatic rings. The number of carbonyl (C=O) groups is 2. The van der Waals surface area contributed by atoms with E-state index in [-0.39, 0.29) is 24.4 Å². The Morgan fingerprint density at radius 2 is 1.82 bits per heavy atom. The van der Waals surface area contributed by atoms with Crippen molar-refractivity contribution >= 4 is 38.1 Å². The second-order valence-corrected chi connectivity index (χ2v) is 12.8. The molecule has 1 aliphatic heterocycles. The molecule has 2 atom stereocenters. The van der Waals surface area contributed by atoms with E-state index >= 15 is 0 Å². The summed E-state index contributed by atoms with van der Waals surface area (Å²) in [5.41, 5.74) is -0.826. The highest BCUT2D eigenvalue weighted by atomic mass is 32.2. The molecule has 0 radical (unpaired) electrons. The second kappa shape index (κ2) is 12.3. The number of nitrogens with zero attached hydrogens (tertiary/aromatic N) is 2. The highest BCUT2D eigenvalue weighted by Crippen LogP contribution is 2.35. The minimum absolute atomic E-state index is 0.0219. The fourth-order valence-corrected chi connectivity index (χ4v) is 7.70. The van der Waals surface area contributed by atoms with Gasteiger partial charge in [-0.05, 0) is 30.8 Å². The van der Waals surface area contributed by atoms with Crippen LogP contribution < -0.4 is 10.1 Å². The summed E-state index contributed by atoms with van der Waals surface area (Å²) in [6.07, 6.45) is -0.0442. The van der Waals surface area contributed by atoms with Gasteiger partial charge in [0.1, 0.15) is 5.54 Å². The first kappa shape index (κ1) is 30.4. The van der Waals surface area contributed by atoms with Gasteiger partial charge < -0.3 is 15.5 Å². The molecule has 1 amide bonds. The third-order valence-corrected chi connectivity index (χ3v) is 9.86. The number of esters is 1. The number of amides is 1. The van der Waals surface area contributed by atoms with E-state index in [9.17, 15) is 26.4 Å². The Hall–Kier alpha value is -3.17. The Balaban J connectivity index is 2.13. The minimum Gasteiger partial charge on any atom is -0.469 e. The molecule has 0 saturated carbocycles. The fourth-order valence-electron chi connectivity index (χ4n) is 4.69. The van der Waals surface area contributed by atoms with Crippen molar-refractivity contribution in [2.45, 2.75) is 42.0 Å². The lowest BCUT2D eigenvalue weighted by Crippen LogP contribution is -2.75. The third-order valence-electron chi connectivity index (χ3n) is 6.56. The van der Waals surface area contributed by atoms with E-state index in [1.165, 1.54) is 19.2 Å². The lowest BCUT2D eigenvalue weighted by molar-refractivity contribution is -0.152. The topological polar surface area (TPSA) is 166 Å². The number of hydrogen-bond acceptors (Lipinski definition) is 9. The van der Waals surface area contributed by atoms with Gasteiger partial charge in [0, 0.05) is 26.6 Å². The van der Waals surface area contributed by atoms with Gasteiger partial charge in [-0.2, -0.15) is 4.31 Å². The molecule has 1 fully saturated rings. The van der Waals surface area contributed by atoms with Crippen LogP contribution >= 0.6 is 0 Å². The molecule has 2 aromatic rings. The van der Waals surface area contributed by atoms with Crippen LogP contribution in [0.25, 0.3) is 0 Å². The first-order chi connectivity index (χ1) is 18.4. The molecule has 14 heteroatoms. The van der Waals surface area contributed by atoms with Crippen LogP contribution in [0.15, 0.2) is 59.5 Å². The summed E-state index contributed by atoms with van der Waals surface area (Å²) in [4.78, 5) is 28.7. The van der Waals surface area contributed by atoms with E-state index in [0.29, 0.717) is 5.56 Å². The molecule has 0 spiro atoms. The molecule has 1 heterocycles. The highest BCUT2D eigenvalue weighted by Gasteiger charge is 2.59. The monoisotopic (exact) mass is 579 g/mol. The van der Waals surface area contributed by atoms with Crippen LogP contribution in [0.2, 0.25) is 0 Å². The number of methoxy groups -OCH3 is 1. The van der Waals surface area contributed by atoms with E-state index < -0.39 is 55.7 Å². The number of ether oxygens (including phenoxy) is 1. The van der Waals surface area contributed by atoms with Crippen LogP contribution in [0.4, 0.5) is 0 Å². The Morgan fingerprint density at radius 3 is 2.41 bits per heavy atom. The number of rotatable bonds is 12. The maximum Gasteiger partial charge on any atom is 0.308 e. The summed E-state index contributed by atoms with van der Waals surface area (Å²) in [6.45, 7) is 1.61. The van der Waals surface area contributed by atoms with Gasteiger partial charge in [-0.1, -0.05) is 48.0 Å². The summed E-state index contributed by atoms with van der Waals surface area (Å²) in [5.74, 6) is -2.14. The van der Waals surface area contributed by atoms with Crippen molar-refractivity contribution in [1.82, 2.24) is 19.5 Å². The lowest BCUT2D eigenvalue weighted by Gasteiger charge is -2.50.